The molecule has 0 atom stereocenters. The van der Waals surface area contributed by atoms with E-state index < -0.39 is 29.4 Å². The highest BCUT2D eigenvalue weighted by atomic mass is 19.4. The molecule has 0 aliphatic carbocycles. The highest BCUT2D eigenvalue weighted by Crippen LogP contribution is 2.30. The van der Waals surface area contributed by atoms with E-state index in [0.29, 0.717) is 18.4 Å². The molecular formula is C20H20F6O3. The molecule has 0 bridgehead atoms. The fraction of sp³-hybridized carbons (Fsp3) is 0.350. The van der Waals surface area contributed by atoms with Gasteiger partial charge in [-0.15, -0.1) is 0 Å². The number of hydrogen-bond donors (Lipinski definition) is 2. The van der Waals surface area contributed by atoms with Crippen molar-refractivity contribution in [2.75, 3.05) is 6.61 Å². The van der Waals surface area contributed by atoms with Crippen LogP contribution in [0.25, 0.3) is 0 Å². The number of carbonyl (C=O) groups is 1. The third-order valence-corrected chi connectivity index (χ3v) is 3.81. The van der Waals surface area contributed by atoms with Gasteiger partial charge in [-0.1, -0.05) is 24.3 Å². The van der Waals surface area contributed by atoms with Gasteiger partial charge in [-0.25, -0.2) is 0 Å². The van der Waals surface area contributed by atoms with Crippen molar-refractivity contribution in [2.24, 2.45) is 0 Å². The van der Waals surface area contributed by atoms with Gasteiger partial charge in [0.1, 0.15) is 0 Å². The van der Waals surface area contributed by atoms with E-state index in [9.17, 15) is 31.1 Å². The number of aliphatic carboxylic acids is 1. The summed E-state index contributed by atoms with van der Waals surface area (Å²) in [7, 11) is 0. The summed E-state index contributed by atoms with van der Waals surface area (Å²) in [6.45, 7) is 0.0566. The Hall–Kier alpha value is -2.55. The van der Waals surface area contributed by atoms with Crippen LogP contribution in [-0.2, 0) is 30.0 Å². The maximum Gasteiger partial charge on any atom is 0.416 e. The predicted molar refractivity (Wildman–Crippen MR) is 94.3 cm³/mol. The van der Waals surface area contributed by atoms with Crippen molar-refractivity contribution in [3.05, 3.63) is 70.8 Å². The fourth-order valence-corrected chi connectivity index (χ4v) is 2.26. The highest BCUT2D eigenvalue weighted by Gasteiger charge is 2.30. The van der Waals surface area contributed by atoms with Crippen LogP contribution in [0.4, 0.5) is 26.3 Å². The molecule has 3 nitrogen and oxygen atoms in total. The van der Waals surface area contributed by atoms with Crippen LogP contribution in [-0.4, -0.2) is 22.8 Å². The SMILES string of the molecule is O=C(O)CCc1ccc(C(F)(F)F)cc1.OCCCc1ccc(C(F)(F)F)cc1. The van der Waals surface area contributed by atoms with Gasteiger partial charge in [-0.2, -0.15) is 26.3 Å². The Labute approximate surface area is 163 Å². The summed E-state index contributed by atoms with van der Waals surface area (Å²) >= 11 is 0. The molecule has 9 heteroatoms. The van der Waals surface area contributed by atoms with Gasteiger partial charge in [0.15, 0.2) is 0 Å². The van der Waals surface area contributed by atoms with E-state index in [1.165, 1.54) is 24.3 Å². The van der Waals surface area contributed by atoms with E-state index in [2.05, 4.69) is 0 Å². The largest absolute Gasteiger partial charge is 0.481 e. The lowest BCUT2D eigenvalue weighted by Crippen LogP contribution is -2.04. The number of aliphatic hydroxyl groups excluding tert-OH is 1. The molecule has 0 fully saturated rings. The number of rotatable bonds is 6. The molecule has 2 N–H and O–H groups in total. The molecule has 0 aliphatic rings. The number of carboxylic acids is 1. The number of aliphatic hydroxyl groups is 1. The van der Waals surface area contributed by atoms with Gasteiger partial charge in [0.05, 0.1) is 11.1 Å². The minimum Gasteiger partial charge on any atom is -0.481 e. The molecule has 0 radical (unpaired) electrons. The monoisotopic (exact) mass is 422 g/mol. The summed E-state index contributed by atoms with van der Waals surface area (Å²) < 4.78 is 72.8. The minimum absolute atomic E-state index is 0.0566. The number of halogens is 6. The molecule has 0 heterocycles. The zero-order chi connectivity index (χ0) is 22.1. The Morgan fingerprint density at radius 1 is 0.724 bits per heavy atom. The van der Waals surface area contributed by atoms with Crippen LogP contribution < -0.4 is 0 Å². The van der Waals surface area contributed by atoms with Gasteiger partial charge in [0.2, 0.25) is 0 Å². The minimum atomic E-state index is -4.34. The molecule has 0 aliphatic heterocycles. The summed E-state index contributed by atoms with van der Waals surface area (Å²) in [5.41, 5.74) is 0.0456. The standard InChI is InChI=1S/C10H9F3O2.C10H11F3O/c11-10(12,13)8-4-1-7(2-5-8)3-6-9(14)15;11-10(12,13)9-5-3-8(4-6-9)2-1-7-14/h1-2,4-5H,3,6H2,(H,14,15);3-6,14H,1-2,7H2. The van der Waals surface area contributed by atoms with Gasteiger partial charge in [0, 0.05) is 13.0 Å². The molecule has 2 rings (SSSR count). The lowest BCUT2D eigenvalue weighted by atomic mass is 10.1. The van der Waals surface area contributed by atoms with Crippen LogP contribution in [0.15, 0.2) is 48.5 Å². The van der Waals surface area contributed by atoms with Crippen LogP contribution in [0.3, 0.4) is 0 Å². The van der Waals surface area contributed by atoms with Gasteiger partial charge in [0.25, 0.3) is 0 Å². The first kappa shape index (κ1) is 24.5. The molecule has 0 aromatic heterocycles. The van der Waals surface area contributed by atoms with Crippen LogP contribution in [0.5, 0.6) is 0 Å². The first-order chi connectivity index (χ1) is 13.4. The van der Waals surface area contributed by atoms with Crippen molar-refractivity contribution in [1.82, 2.24) is 0 Å². The van der Waals surface area contributed by atoms with E-state index in [1.54, 1.807) is 0 Å². The Balaban J connectivity index is 0.000000291. The molecule has 2 aromatic rings. The highest BCUT2D eigenvalue weighted by molar-refractivity contribution is 5.67. The summed E-state index contributed by atoms with van der Waals surface area (Å²) in [6, 6.07) is 9.52. The number of carboxylic acid groups (broad SMARTS) is 1. The quantitative estimate of drug-likeness (QED) is 0.617. The molecule has 0 unspecified atom stereocenters. The molecule has 0 spiro atoms. The van der Waals surface area contributed by atoms with E-state index in [1.807, 2.05) is 0 Å². The number of hydrogen-bond acceptors (Lipinski definition) is 2. The second-order valence-electron chi connectivity index (χ2n) is 6.11. The van der Waals surface area contributed by atoms with Gasteiger partial charge >= 0.3 is 18.3 Å². The van der Waals surface area contributed by atoms with Crippen molar-refractivity contribution in [2.45, 2.75) is 38.0 Å². The lowest BCUT2D eigenvalue weighted by Gasteiger charge is -2.06. The number of alkyl halides is 6. The Morgan fingerprint density at radius 2 is 1.10 bits per heavy atom. The summed E-state index contributed by atoms with van der Waals surface area (Å²) in [4.78, 5) is 10.2. The predicted octanol–water partition coefficient (Wildman–Crippen LogP) is 5.35. The molecule has 29 heavy (non-hydrogen) atoms. The summed E-state index contributed by atoms with van der Waals surface area (Å²) in [5, 5.41) is 16.9. The molecule has 0 saturated heterocycles. The lowest BCUT2D eigenvalue weighted by molar-refractivity contribution is -0.138. The smallest absolute Gasteiger partial charge is 0.416 e. The van der Waals surface area contributed by atoms with Crippen molar-refractivity contribution < 1.29 is 41.4 Å². The molecule has 0 amide bonds. The molecule has 160 valence electrons. The van der Waals surface area contributed by atoms with Crippen LogP contribution >= 0.6 is 0 Å². The van der Waals surface area contributed by atoms with Crippen LogP contribution in [0, 0.1) is 0 Å². The first-order valence-corrected chi connectivity index (χ1v) is 8.58. The normalized spacial score (nSPS) is 11.6. The zero-order valence-corrected chi connectivity index (χ0v) is 15.2. The van der Waals surface area contributed by atoms with E-state index >= 15 is 0 Å². The van der Waals surface area contributed by atoms with Gasteiger partial charge < -0.3 is 10.2 Å². The third-order valence-electron chi connectivity index (χ3n) is 3.81. The van der Waals surface area contributed by atoms with Gasteiger partial charge in [-0.3, -0.25) is 4.79 Å². The number of aryl methyl sites for hydroxylation is 2. The Morgan fingerprint density at radius 3 is 1.41 bits per heavy atom. The first-order valence-electron chi connectivity index (χ1n) is 8.58. The Kier molecular flexibility index (Phi) is 9.16. The number of benzene rings is 2. The maximum atomic E-state index is 12.1. The van der Waals surface area contributed by atoms with E-state index in [0.717, 1.165) is 29.8 Å². The fourth-order valence-electron chi connectivity index (χ4n) is 2.26. The van der Waals surface area contributed by atoms with E-state index in [-0.39, 0.29) is 19.4 Å². The Bertz CT molecular complexity index is 750. The molecular weight excluding hydrogens is 402 g/mol. The van der Waals surface area contributed by atoms with Crippen molar-refractivity contribution in [1.29, 1.82) is 0 Å². The maximum absolute atomic E-state index is 12.1. The van der Waals surface area contributed by atoms with Crippen LogP contribution in [0.1, 0.15) is 35.1 Å². The average molecular weight is 422 g/mol. The summed E-state index contributed by atoms with van der Waals surface area (Å²) in [5.74, 6) is -0.963. The van der Waals surface area contributed by atoms with Crippen LogP contribution in [0.2, 0.25) is 0 Å². The topological polar surface area (TPSA) is 57.5 Å². The second kappa shape index (κ2) is 10.8. The van der Waals surface area contributed by atoms with E-state index in [4.69, 9.17) is 10.2 Å². The zero-order valence-electron chi connectivity index (χ0n) is 15.2. The van der Waals surface area contributed by atoms with Crippen molar-refractivity contribution >= 4 is 5.97 Å². The third kappa shape index (κ3) is 9.47. The summed E-state index contributed by atoms with van der Waals surface area (Å²) in [6.07, 6.45) is -7.26. The molecule has 2 aromatic carbocycles. The van der Waals surface area contributed by atoms with Gasteiger partial charge in [-0.05, 0) is 54.7 Å². The average Bonchev–Trinajstić information content (AvgIpc) is 2.64. The second-order valence-corrected chi connectivity index (χ2v) is 6.11. The van der Waals surface area contributed by atoms with Crippen molar-refractivity contribution in [3.8, 4) is 0 Å². The molecule has 0 saturated carbocycles. The van der Waals surface area contributed by atoms with Crippen molar-refractivity contribution in [3.63, 3.8) is 0 Å².